The van der Waals surface area contributed by atoms with Crippen LogP contribution in [-0.2, 0) is 4.74 Å². The smallest absolute Gasteiger partial charge is 0.0594 e. The number of nitrogens with two attached hydrogens (primary N) is 1. The summed E-state index contributed by atoms with van der Waals surface area (Å²) < 4.78 is 5.41. The molecule has 2 aliphatic heterocycles. The Morgan fingerprint density at radius 3 is 2.58 bits per heavy atom. The van der Waals surface area contributed by atoms with Crippen LogP contribution >= 0.6 is 0 Å². The molecule has 4 nitrogen and oxygen atoms in total. The van der Waals surface area contributed by atoms with Crippen molar-refractivity contribution in [2.45, 2.75) is 38.6 Å². The van der Waals surface area contributed by atoms with Crippen LogP contribution < -0.4 is 5.73 Å². The molecule has 2 aliphatic rings. The van der Waals surface area contributed by atoms with E-state index in [0.717, 1.165) is 38.8 Å². The molecular weight excluding hydrogens is 238 g/mol. The molecule has 0 spiro atoms. The van der Waals surface area contributed by atoms with E-state index in [0.29, 0.717) is 5.54 Å². The molecule has 0 aromatic rings. The lowest BCUT2D eigenvalue weighted by molar-refractivity contribution is -0.00419. The van der Waals surface area contributed by atoms with Crippen LogP contribution in [0.2, 0.25) is 0 Å². The monoisotopic (exact) mass is 269 g/mol. The Kier molecular flexibility index (Phi) is 5.63. The van der Waals surface area contributed by atoms with Crippen LogP contribution in [0.4, 0.5) is 0 Å². The van der Waals surface area contributed by atoms with Gasteiger partial charge in [0, 0.05) is 31.7 Å². The van der Waals surface area contributed by atoms with Gasteiger partial charge in [-0.15, -0.1) is 0 Å². The van der Waals surface area contributed by atoms with Gasteiger partial charge in [0.2, 0.25) is 0 Å². The maximum absolute atomic E-state index is 5.78. The molecule has 2 heterocycles. The second-order valence-corrected chi connectivity index (χ2v) is 6.51. The van der Waals surface area contributed by atoms with Gasteiger partial charge in [0.1, 0.15) is 0 Å². The van der Waals surface area contributed by atoms with Gasteiger partial charge < -0.3 is 10.5 Å². The summed E-state index contributed by atoms with van der Waals surface area (Å²) in [7, 11) is 0. The van der Waals surface area contributed by atoms with Crippen LogP contribution in [0.25, 0.3) is 0 Å². The van der Waals surface area contributed by atoms with E-state index in [1.807, 2.05) is 0 Å². The summed E-state index contributed by atoms with van der Waals surface area (Å²) in [6, 6.07) is 0. The van der Waals surface area contributed by atoms with E-state index in [9.17, 15) is 0 Å². The number of ether oxygens (including phenoxy) is 1. The molecule has 4 heteroatoms. The molecule has 0 amide bonds. The van der Waals surface area contributed by atoms with Crippen molar-refractivity contribution in [2.75, 3.05) is 52.5 Å². The van der Waals surface area contributed by atoms with E-state index in [1.54, 1.807) is 0 Å². The molecule has 2 fully saturated rings. The minimum Gasteiger partial charge on any atom is -0.379 e. The number of piperidine rings is 1. The maximum atomic E-state index is 5.78. The van der Waals surface area contributed by atoms with Crippen LogP contribution in [0.3, 0.4) is 0 Å². The van der Waals surface area contributed by atoms with E-state index < -0.39 is 0 Å². The number of nitrogens with zero attached hydrogens (tertiary/aromatic N) is 2. The predicted octanol–water partition coefficient (Wildman–Crippen LogP) is 1.16. The third kappa shape index (κ3) is 3.91. The van der Waals surface area contributed by atoms with Gasteiger partial charge in [-0.1, -0.05) is 0 Å². The second kappa shape index (κ2) is 7.02. The van der Waals surface area contributed by atoms with Gasteiger partial charge >= 0.3 is 0 Å². The Morgan fingerprint density at radius 1 is 1.16 bits per heavy atom. The summed E-state index contributed by atoms with van der Waals surface area (Å²) in [5.74, 6) is 0.760. The first-order valence-electron chi connectivity index (χ1n) is 7.90. The number of likely N-dealkylation sites (tertiary alicyclic amines) is 1. The largest absolute Gasteiger partial charge is 0.379 e. The molecule has 2 rings (SSSR count). The van der Waals surface area contributed by atoms with E-state index in [-0.39, 0.29) is 0 Å². The van der Waals surface area contributed by atoms with Gasteiger partial charge in [-0.2, -0.15) is 0 Å². The Morgan fingerprint density at radius 2 is 1.89 bits per heavy atom. The zero-order valence-corrected chi connectivity index (χ0v) is 12.7. The Balaban J connectivity index is 1.83. The van der Waals surface area contributed by atoms with Crippen molar-refractivity contribution < 1.29 is 4.74 Å². The maximum Gasteiger partial charge on any atom is 0.0594 e. The predicted molar refractivity (Wildman–Crippen MR) is 79.3 cm³/mol. The number of rotatable bonds is 5. The minimum absolute atomic E-state index is 0.309. The molecule has 2 N–H and O–H groups in total. The van der Waals surface area contributed by atoms with Gasteiger partial charge in [0.25, 0.3) is 0 Å². The third-order valence-corrected chi connectivity index (χ3v) is 5.10. The Bertz CT molecular complexity index is 262. The summed E-state index contributed by atoms with van der Waals surface area (Å²) >= 11 is 0. The molecule has 0 aliphatic carbocycles. The van der Waals surface area contributed by atoms with Gasteiger partial charge in [-0.3, -0.25) is 9.80 Å². The summed E-state index contributed by atoms with van der Waals surface area (Å²) in [5.41, 5.74) is 6.09. The van der Waals surface area contributed by atoms with Crippen LogP contribution in [0.5, 0.6) is 0 Å². The fourth-order valence-corrected chi connectivity index (χ4v) is 3.61. The zero-order chi connectivity index (χ0) is 13.7. The fraction of sp³-hybridized carbons (Fsp3) is 1.00. The van der Waals surface area contributed by atoms with Gasteiger partial charge in [0.05, 0.1) is 13.2 Å². The number of hydrogen-bond acceptors (Lipinski definition) is 4. The highest BCUT2D eigenvalue weighted by molar-refractivity contribution is 4.93. The van der Waals surface area contributed by atoms with Crippen molar-refractivity contribution in [3.63, 3.8) is 0 Å². The highest BCUT2D eigenvalue weighted by Gasteiger charge is 2.37. The van der Waals surface area contributed by atoms with E-state index >= 15 is 0 Å². The highest BCUT2D eigenvalue weighted by atomic mass is 16.5. The number of morpholine rings is 1. The van der Waals surface area contributed by atoms with Gasteiger partial charge in [-0.25, -0.2) is 0 Å². The van der Waals surface area contributed by atoms with Crippen molar-refractivity contribution >= 4 is 0 Å². The molecule has 112 valence electrons. The molecular formula is C15H31N3O. The zero-order valence-electron chi connectivity index (χ0n) is 12.7. The lowest BCUT2D eigenvalue weighted by atomic mass is 9.77. The van der Waals surface area contributed by atoms with Gasteiger partial charge in [0.15, 0.2) is 0 Å². The molecule has 0 aromatic carbocycles. The SMILES string of the molecule is CC1(C)C(CCN)CCCN1CCN1CCOCC1. The molecule has 0 saturated carbocycles. The Hall–Kier alpha value is -0.160. The van der Waals surface area contributed by atoms with E-state index in [1.165, 1.54) is 38.9 Å². The second-order valence-electron chi connectivity index (χ2n) is 6.51. The topological polar surface area (TPSA) is 41.7 Å². The fourth-order valence-electron chi connectivity index (χ4n) is 3.61. The van der Waals surface area contributed by atoms with Crippen LogP contribution in [-0.4, -0.2) is 67.8 Å². The lowest BCUT2D eigenvalue weighted by Crippen LogP contribution is -2.55. The molecule has 1 unspecified atom stereocenters. The summed E-state index contributed by atoms with van der Waals surface area (Å²) in [4.78, 5) is 5.22. The van der Waals surface area contributed by atoms with Crippen LogP contribution in [0.1, 0.15) is 33.1 Å². The Labute approximate surface area is 118 Å². The average Bonchev–Trinajstić information content (AvgIpc) is 2.41. The third-order valence-electron chi connectivity index (χ3n) is 5.10. The van der Waals surface area contributed by atoms with Gasteiger partial charge in [-0.05, 0) is 52.1 Å². The highest BCUT2D eigenvalue weighted by Crippen LogP contribution is 2.34. The van der Waals surface area contributed by atoms with Crippen LogP contribution in [0, 0.1) is 5.92 Å². The normalized spacial score (nSPS) is 29.5. The first-order chi connectivity index (χ1) is 9.14. The van der Waals surface area contributed by atoms with Crippen molar-refractivity contribution in [1.82, 2.24) is 9.80 Å². The van der Waals surface area contributed by atoms with Crippen molar-refractivity contribution in [2.24, 2.45) is 11.7 Å². The van der Waals surface area contributed by atoms with Crippen LogP contribution in [0.15, 0.2) is 0 Å². The molecule has 19 heavy (non-hydrogen) atoms. The first-order valence-corrected chi connectivity index (χ1v) is 7.90. The molecule has 0 aromatic heterocycles. The minimum atomic E-state index is 0.309. The summed E-state index contributed by atoms with van der Waals surface area (Å²) in [5, 5.41) is 0. The molecule has 1 atom stereocenters. The standard InChI is InChI=1S/C15H31N3O/c1-15(2)14(5-6-16)4-3-7-18(15)9-8-17-10-12-19-13-11-17/h14H,3-13,16H2,1-2H3. The average molecular weight is 269 g/mol. The van der Waals surface area contributed by atoms with Crippen molar-refractivity contribution in [1.29, 1.82) is 0 Å². The molecule has 0 bridgehead atoms. The molecule has 2 saturated heterocycles. The number of hydrogen-bond donors (Lipinski definition) is 1. The van der Waals surface area contributed by atoms with Crippen molar-refractivity contribution in [3.05, 3.63) is 0 Å². The first kappa shape index (κ1) is 15.2. The van der Waals surface area contributed by atoms with Crippen molar-refractivity contribution in [3.8, 4) is 0 Å². The van der Waals surface area contributed by atoms with E-state index in [4.69, 9.17) is 10.5 Å². The van der Waals surface area contributed by atoms with E-state index in [2.05, 4.69) is 23.6 Å². The quantitative estimate of drug-likeness (QED) is 0.813. The summed E-state index contributed by atoms with van der Waals surface area (Å²) in [6.07, 6.45) is 3.84. The molecule has 0 radical (unpaired) electrons. The lowest BCUT2D eigenvalue weighted by Gasteiger charge is -2.49. The summed E-state index contributed by atoms with van der Waals surface area (Å²) in [6.45, 7) is 13.3.